The van der Waals surface area contributed by atoms with Crippen molar-refractivity contribution >= 4 is 68.4 Å². The van der Waals surface area contributed by atoms with Crippen LogP contribution in [0.2, 0.25) is 5.02 Å². The zero-order valence-corrected chi connectivity index (χ0v) is 20.1. The molecule has 0 aliphatic carbocycles. The van der Waals surface area contributed by atoms with Crippen LogP contribution in [0, 0.1) is 0 Å². The molecule has 3 amide bonds. The lowest BCUT2D eigenvalue weighted by molar-refractivity contribution is -0.141. The van der Waals surface area contributed by atoms with Crippen LogP contribution in [0.25, 0.3) is 10.2 Å². The van der Waals surface area contributed by atoms with E-state index >= 15 is 0 Å². The summed E-state index contributed by atoms with van der Waals surface area (Å²) in [5.74, 6) is -0.407. The number of likely N-dealkylation sites (tertiary alicyclic amines) is 1. The molecule has 1 fully saturated rings. The minimum atomic E-state index is -0.347. The number of hydrogen-bond donors (Lipinski definition) is 0. The van der Waals surface area contributed by atoms with Crippen LogP contribution in [-0.4, -0.2) is 72.3 Å². The van der Waals surface area contributed by atoms with Crippen LogP contribution >= 0.6 is 35.3 Å². The quantitative estimate of drug-likeness (QED) is 0.504. The first-order valence-corrected chi connectivity index (χ1v) is 11.1. The number of nitrogens with zero attached hydrogens (tertiary/aromatic N) is 4. The Morgan fingerprint density at radius 2 is 1.84 bits per heavy atom. The van der Waals surface area contributed by atoms with Crippen molar-refractivity contribution in [3.8, 4) is 5.75 Å². The monoisotopic (exact) mass is 488 g/mol. The molecule has 1 saturated heterocycles. The Bertz CT molecular complexity index is 948. The maximum atomic E-state index is 13.2. The summed E-state index contributed by atoms with van der Waals surface area (Å²) in [5, 5.41) is 0.989. The minimum Gasteiger partial charge on any atom is -0.494 e. The van der Waals surface area contributed by atoms with E-state index < -0.39 is 0 Å². The Hall–Kier alpha value is -1.94. The van der Waals surface area contributed by atoms with Crippen molar-refractivity contribution in [2.24, 2.45) is 0 Å². The number of ether oxygens (including phenoxy) is 1. The molecule has 0 bridgehead atoms. The second kappa shape index (κ2) is 11.1. The second-order valence-corrected chi connectivity index (χ2v) is 8.25. The smallest absolute Gasteiger partial charge is 0.248 e. The molecule has 1 aromatic heterocycles. The van der Waals surface area contributed by atoms with Crippen LogP contribution in [0.4, 0.5) is 5.13 Å². The molecule has 170 valence electrons. The normalized spacial score (nSPS) is 13.8. The van der Waals surface area contributed by atoms with E-state index in [1.165, 1.54) is 16.2 Å². The van der Waals surface area contributed by atoms with Gasteiger partial charge in [-0.2, -0.15) is 0 Å². The topological polar surface area (TPSA) is 83.0 Å². The summed E-state index contributed by atoms with van der Waals surface area (Å²) in [6.07, 6.45) is 0.305. The minimum absolute atomic E-state index is 0. The van der Waals surface area contributed by atoms with Crippen LogP contribution < -0.4 is 9.64 Å². The molecule has 1 aromatic carbocycles. The van der Waals surface area contributed by atoms with Crippen molar-refractivity contribution in [1.82, 2.24) is 14.8 Å². The third kappa shape index (κ3) is 5.46. The maximum Gasteiger partial charge on any atom is 0.248 e. The Morgan fingerprint density at radius 3 is 2.42 bits per heavy atom. The number of likely N-dealkylation sites (N-methyl/N-ethyl adjacent to an activating group) is 1. The van der Waals surface area contributed by atoms with Crippen LogP contribution in [0.3, 0.4) is 0 Å². The molecule has 1 aliphatic rings. The molecule has 1 aliphatic heterocycles. The molecule has 0 atom stereocenters. The van der Waals surface area contributed by atoms with Gasteiger partial charge < -0.3 is 9.64 Å². The van der Waals surface area contributed by atoms with Gasteiger partial charge in [-0.1, -0.05) is 36.8 Å². The lowest BCUT2D eigenvalue weighted by Crippen LogP contribution is -2.45. The summed E-state index contributed by atoms with van der Waals surface area (Å²) in [5.41, 5.74) is 0.582. The second-order valence-electron chi connectivity index (χ2n) is 6.87. The van der Waals surface area contributed by atoms with Gasteiger partial charge in [0.25, 0.3) is 0 Å². The first kappa shape index (κ1) is 25.3. The number of aromatic nitrogens is 1. The highest BCUT2D eigenvalue weighted by Gasteiger charge is 2.33. The van der Waals surface area contributed by atoms with Gasteiger partial charge in [-0.3, -0.25) is 24.2 Å². The molecule has 8 nitrogen and oxygen atoms in total. The van der Waals surface area contributed by atoms with Gasteiger partial charge in [-0.05, 0) is 25.2 Å². The highest BCUT2D eigenvalue weighted by Crippen LogP contribution is 2.38. The molecule has 0 radical (unpaired) electrons. The van der Waals surface area contributed by atoms with Crippen molar-refractivity contribution in [1.29, 1.82) is 0 Å². The van der Waals surface area contributed by atoms with Crippen LogP contribution in [-0.2, 0) is 14.4 Å². The van der Waals surface area contributed by atoms with E-state index in [4.69, 9.17) is 16.3 Å². The van der Waals surface area contributed by atoms with Gasteiger partial charge in [0.05, 0.1) is 16.8 Å². The molecule has 2 heterocycles. The highest BCUT2D eigenvalue weighted by molar-refractivity contribution is 7.23. The fourth-order valence-electron chi connectivity index (χ4n) is 3.35. The number of thiazole rings is 1. The van der Waals surface area contributed by atoms with Crippen molar-refractivity contribution in [3.05, 3.63) is 17.2 Å². The number of carbonyl (C=O) groups excluding carboxylic acids is 3. The lowest BCUT2D eigenvalue weighted by Gasteiger charge is -2.26. The number of fused-ring (bicyclic) bond motifs is 1. The number of rotatable bonds is 9. The Labute approximate surface area is 196 Å². The predicted molar refractivity (Wildman–Crippen MR) is 125 cm³/mol. The van der Waals surface area contributed by atoms with Crippen molar-refractivity contribution < 1.29 is 19.1 Å². The van der Waals surface area contributed by atoms with Gasteiger partial charge >= 0.3 is 0 Å². The number of carbonyl (C=O) groups is 3. The number of anilines is 1. The SMILES string of the molecule is CCN(CC)CCN(C(=O)CN1C(=O)CCC1=O)c1nc2c(OC)ccc(Cl)c2s1.Cl. The molecule has 0 spiro atoms. The zero-order valence-electron chi connectivity index (χ0n) is 17.7. The van der Waals surface area contributed by atoms with E-state index in [9.17, 15) is 14.4 Å². The Balaban J connectivity index is 0.00000341. The average molecular weight is 489 g/mol. The lowest BCUT2D eigenvalue weighted by atomic mass is 10.3. The average Bonchev–Trinajstić information content (AvgIpc) is 3.31. The summed E-state index contributed by atoms with van der Waals surface area (Å²) in [7, 11) is 1.55. The van der Waals surface area contributed by atoms with E-state index in [0.29, 0.717) is 34.5 Å². The van der Waals surface area contributed by atoms with Crippen molar-refractivity contribution in [2.45, 2.75) is 26.7 Å². The summed E-state index contributed by atoms with van der Waals surface area (Å²) < 4.78 is 6.10. The third-order valence-corrected chi connectivity index (χ3v) is 6.72. The van der Waals surface area contributed by atoms with Gasteiger partial charge in [0.2, 0.25) is 17.7 Å². The number of amides is 3. The largest absolute Gasteiger partial charge is 0.494 e. The van der Waals surface area contributed by atoms with Crippen molar-refractivity contribution in [3.63, 3.8) is 0 Å². The molecule has 0 unspecified atom stereocenters. The number of imide groups is 1. The number of hydrogen-bond acceptors (Lipinski definition) is 7. The first-order chi connectivity index (χ1) is 14.4. The number of benzene rings is 1. The number of halogens is 2. The van der Waals surface area contributed by atoms with Crippen LogP contribution in [0.1, 0.15) is 26.7 Å². The molecule has 11 heteroatoms. The standard InChI is InChI=1S/C20H25ClN4O4S.ClH/c1-4-23(5-2)10-11-24(17(28)12-25-15(26)8-9-16(25)27)20-22-18-14(29-3)7-6-13(21)19(18)30-20;/h6-7H,4-5,8-12H2,1-3H3;1H. The Morgan fingerprint density at radius 1 is 1.19 bits per heavy atom. The zero-order chi connectivity index (χ0) is 21.8. The molecule has 0 N–H and O–H groups in total. The summed E-state index contributed by atoms with van der Waals surface area (Å²) in [6, 6.07) is 3.46. The summed E-state index contributed by atoms with van der Waals surface area (Å²) in [6.45, 7) is 6.55. The first-order valence-electron chi connectivity index (χ1n) is 9.88. The van der Waals surface area contributed by atoms with Gasteiger partial charge in [0.15, 0.2) is 5.13 Å². The molecule has 3 rings (SSSR count). The van der Waals surface area contributed by atoms with E-state index in [0.717, 1.165) is 22.7 Å². The summed E-state index contributed by atoms with van der Waals surface area (Å²) >= 11 is 7.63. The fraction of sp³-hybridized carbons (Fsp3) is 0.500. The molecular formula is C20H26Cl2N4O4S. The van der Waals surface area contributed by atoms with Crippen LogP contribution in [0.15, 0.2) is 12.1 Å². The van der Waals surface area contributed by atoms with E-state index in [-0.39, 0.29) is 49.5 Å². The van der Waals surface area contributed by atoms with Crippen molar-refractivity contribution in [2.75, 3.05) is 44.7 Å². The molecule has 0 saturated carbocycles. The Kier molecular flexibility index (Phi) is 9.05. The fourth-order valence-corrected chi connectivity index (χ4v) is 4.65. The maximum absolute atomic E-state index is 13.2. The summed E-state index contributed by atoms with van der Waals surface area (Å²) in [4.78, 5) is 46.5. The van der Waals surface area contributed by atoms with E-state index in [1.54, 1.807) is 19.2 Å². The third-order valence-electron chi connectivity index (χ3n) is 5.18. The van der Waals surface area contributed by atoms with Crippen LogP contribution in [0.5, 0.6) is 5.75 Å². The van der Waals surface area contributed by atoms with E-state index in [2.05, 4.69) is 23.7 Å². The molecular weight excluding hydrogens is 463 g/mol. The predicted octanol–water partition coefficient (Wildman–Crippen LogP) is 3.20. The molecule has 31 heavy (non-hydrogen) atoms. The highest BCUT2D eigenvalue weighted by atomic mass is 35.5. The van der Waals surface area contributed by atoms with Gasteiger partial charge in [-0.25, -0.2) is 4.98 Å². The van der Waals surface area contributed by atoms with Gasteiger partial charge in [0, 0.05) is 25.9 Å². The van der Waals surface area contributed by atoms with Gasteiger partial charge in [0.1, 0.15) is 17.8 Å². The van der Waals surface area contributed by atoms with Gasteiger partial charge in [-0.15, -0.1) is 12.4 Å². The molecule has 2 aromatic rings. The van der Waals surface area contributed by atoms with E-state index in [1.807, 2.05) is 0 Å². The number of methoxy groups -OCH3 is 1.